The number of amides is 2. The van der Waals surface area contributed by atoms with Gasteiger partial charge in [-0.15, -0.1) is 0 Å². The van der Waals surface area contributed by atoms with E-state index in [-0.39, 0.29) is 23.8 Å². The molecule has 20 heavy (non-hydrogen) atoms. The minimum absolute atomic E-state index is 0.0140. The van der Waals surface area contributed by atoms with Gasteiger partial charge in [0.05, 0.1) is 6.04 Å². The fourth-order valence-corrected chi connectivity index (χ4v) is 3.31. The van der Waals surface area contributed by atoms with Crippen LogP contribution >= 0.6 is 0 Å². The Hall–Kier alpha value is -1.10. The van der Waals surface area contributed by atoms with Crippen LogP contribution in [0, 0.1) is 5.92 Å². The molecule has 1 aliphatic carbocycles. The Morgan fingerprint density at radius 1 is 1.10 bits per heavy atom. The maximum Gasteiger partial charge on any atom is 0.237 e. The van der Waals surface area contributed by atoms with Crippen molar-refractivity contribution in [1.82, 2.24) is 10.2 Å². The van der Waals surface area contributed by atoms with E-state index in [2.05, 4.69) is 10.2 Å². The average Bonchev–Trinajstić information content (AvgIpc) is 2.47. The van der Waals surface area contributed by atoms with E-state index in [9.17, 15) is 9.59 Å². The molecule has 0 spiro atoms. The number of likely N-dealkylation sites (tertiary alicyclic amines) is 1. The molecule has 0 aromatic carbocycles. The van der Waals surface area contributed by atoms with Gasteiger partial charge in [-0.2, -0.15) is 0 Å². The standard InChI is InChI=1S/C15H27N3O2/c1-11(15(20)17-13-5-3-2-4-6-13)18-9-7-12(8-10-18)14(16)19/h11-13H,2-10H2,1H3,(H2,16,19)(H,17,20). The third-order valence-corrected chi connectivity index (χ3v) is 4.81. The third-order valence-electron chi connectivity index (χ3n) is 4.81. The lowest BCUT2D eigenvalue weighted by Crippen LogP contribution is -2.51. The molecule has 1 heterocycles. The fraction of sp³-hybridized carbons (Fsp3) is 0.867. The van der Waals surface area contributed by atoms with Crippen LogP contribution < -0.4 is 11.1 Å². The van der Waals surface area contributed by atoms with Gasteiger partial charge in [0.1, 0.15) is 0 Å². The molecule has 1 saturated heterocycles. The lowest BCUT2D eigenvalue weighted by Gasteiger charge is -2.35. The minimum Gasteiger partial charge on any atom is -0.369 e. The zero-order chi connectivity index (χ0) is 14.5. The predicted octanol–water partition coefficient (Wildman–Crippen LogP) is 1.02. The van der Waals surface area contributed by atoms with E-state index < -0.39 is 0 Å². The maximum absolute atomic E-state index is 12.3. The summed E-state index contributed by atoms with van der Waals surface area (Å²) in [5.74, 6) is -0.0850. The SMILES string of the molecule is CC(C(=O)NC1CCCCC1)N1CCC(C(N)=O)CC1. The Bertz CT molecular complexity index is 345. The monoisotopic (exact) mass is 281 g/mol. The van der Waals surface area contributed by atoms with Crippen molar-refractivity contribution in [2.45, 2.75) is 64.0 Å². The fourth-order valence-electron chi connectivity index (χ4n) is 3.31. The number of nitrogens with two attached hydrogens (primary N) is 1. The van der Waals surface area contributed by atoms with E-state index in [1.807, 2.05) is 6.92 Å². The second-order valence-electron chi connectivity index (χ2n) is 6.23. The summed E-state index contributed by atoms with van der Waals surface area (Å²) in [6.45, 7) is 3.53. The molecule has 1 saturated carbocycles. The minimum atomic E-state index is -0.205. The van der Waals surface area contributed by atoms with Crippen molar-refractivity contribution in [2.24, 2.45) is 11.7 Å². The average molecular weight is 281 g/mol. The number of piperidine rings is 1. The van der Waals surface area contributed by atoms with Crippen LogP contribution in [-0.4, -0.2) is 41.9 Å². The van der Waals surface area contributed by atoms with Crippen molar-refractivity contribution in [3.8, 4) is 0 Å². The topological polar surface area (TPSA) is 75.4 Å². The lowest BCUT2D eigenvalue weighted by molar-refractivity contribution is -0.128. The second kappa shape index (κ2) is 7.07. The van der Waals surface area contributed by atoms with Crippen molar-refractivity contribution in [3.05, 3.63) is 0 Å². The zero-order valence-electron chi connectivity index (χ0n) is 12.4. The summed E-state index contributed by atoms with van der Waals surface area (Å²) < 4.78 is 0. The van der Waals surface area contributed by atoms with E-state index in [0.717, 1.165) is 38.8 Å². The lowest BCUT2D eigenvalue weighted by atomic mass is 9.94. The van der Waals surface area contributed by atoms with Gasteiger partial charge in [0, 0.05) is 12.0 Å². The van der Waals surface area contributed by atoms with Crippen LogP contribution in [0.2, 0.25) is 0 Å². The summed E-state index contributed by atoms with van der Waals surface area (Å²) in [4.78, 5) is 25.6. The van der Waals surface area contributed by atoms with Crippen molar-refractivity contribution >= 4 is 11.8 Å². The van der Waals surface area contributed by atoms with Crippen LogP contribution in [0.1, 0.15) is 51.9 Å². The Morgan fingerprint density at radius 2 is 1.70 bits per heavy atom. The molecule has 0 bridgehead atoms. The van der Waals surface area contributed by atoms with E-state index in [1.165, 1.54) is 19.3 Å². The number of hydrogen-bond acceptors (Lipinski definition) is 3. The molecule has 0 aromatic rings. The van der Waals surface area contributed by atoms with Gasteiger partial charge >= 0.3 is 0 Å². The Labute approximate surface area is 121 Å². The van der Waals surface area contributed by atoms with E-state index >= 15 is 0 Å². The summed E-state index contributed by atoms with van der Waals surface area (Å²) in [5, 5.41) is 3.18. The van der Waals surface area contributed by atoms with Gasteiger partial charge in [-0.05, 0) is 45.7 Å². The van der Waals surface area contributed by atoms with Crippen molar-refractivity contribution < 1.29 is 9.59 Å². The van der Waals surface area contributed by atoms with Crippen LogP contribution in [0.15, 0.2) is 0 Å². The van der Waals surface area contributed by atoms with Crippen molar-refractivity contribution in [3.63, 3.8) is 0 Å². The first-order valence-corrected chi connectivity index (χ1v) is 7.91. The van der Waals surface area contributed by atoms with Crippen LogP contribution in [-0.2, 0) is 9.59 Å². The molecule has 1 aliphatic heterocycles. The molecule has 114 valence electrons. The van der Waals surface area contributed by atoms with Gasteiger partial charge in [0.15, 0.2) is 0 Å². The third kappa shape index (κ3) is 3.95. The number of nitrogens with zero attached hydrogens (tertiary/aromatic N) is 1. The normalized spacial score (nSPS) is 24.2. The molecule has 1 atom stereocenters. The highest BCUT2D eigenvalue weighted by atomic mass is 16.2. The van der Waals surface area contributed by atoms with Gasteiger partial charge in [0.2, 0.25) is 11.8 Å². The second-order valence-corrected chi connectivity index (χ2v) is 6.23. The molecule has 2 aliphatic rings. The van der Waals surface area contributed by atoms with Crippen molar-refractivity contribution in [2.75, 3.05) is 13.1 Å². The number of nitrogens with one attached hydrogen (secondary N) is 1. The largest absolute Gasteiger partial charge is 0.369 e. The highest BCUT2D eigenvalue weighted by molar-refractivity contribution is 5.81. The number of rotatable bonds is 4. The molecule has 0 radical (unpaired) electrons. The van der Waals surface area contributed by atoms with Gasteiger partial charge in [-0.1, -0.05) is 19.3 Å². The number of carbonyl (C=O) groups is 2. The molecule has 2 rings (SSSR count). The highest BCUT2D eigenvalue weighted by Crippen LogP contribution is 2.20. The highest BCUT2D eigenvalue weighted by Gasteiger charge is 2.29. The molecule has 2 amide bonds. The van der Waals surface area contributed by atoms with Crippen LogP contribution in [0.5, 0.6) is 0 Å². The smallest absolute Gasteiger partial charge is 0.237 e. The van der Waals surface area contributed by atoms with Crippen LogP contribution in [0.25, 0.3) is 0 Å². The molecule has 3 N–H and O–H groups in total. The summed E-state index contributed by atoms with van der Waals surface area (Å²) in [6, 6.07) is 0.257. The Balaban J connectivity index is 1.77. The molecule has 2 fully saturated rings. The first-order valence-electron chi connectivity index (χ1n) is 7.91. The maximum atomic E-state index is 12.3. The molecular formula is C15H27N3O2. The number of hydrogen-bond donors (Lipinski definition) is 2. The summed E-state index contributed by atoms with van der Waals surface area (Å²) in [6.07, 6.45) is 7.52. The summed E-state index contributed by atoms with van der Waals surface area (Å²) >= 11 is 0. The van der Waals surface area contributed by atoms with Crippen LogP contribution in [0.3, 0.4) is 0 Å². The van der Waals surface area contributed by atoms with E-state index in [0.29, 0.717) is 6.04 Å². The quantitative estimate of drug-likeness (QED) is 0.808. The van der Waals surface area contributed by atoms with Gasteiger partial charge in [-0.3, -0.25) is 14.5 Å². The Kier molecular flexibility index (Phi) is 5.40. The molecule has 5 heteroatoms. The predicted molar refractivity (Wildman–Crippen MR) is 78.0 cm³/mol. The first-order chi connectivity index (χ1) is 9.58. The zero-order valence-corrected chi connectivity index (χ0v) is 12.4. The van der Waals surface area contributed by atoms with E-state index in [1.54, 1.807) is 0 Å². The van der Waals surface area contributed by atoms with Gasteiger partial charge in [0.25, 0.3) is 0 Å². The molecular weight excluding hydrogens is 254 g/mol. The summed E-state index contributed by atoms with van der Waals surface area (Å²) in [7, 11) is 0. The molecule has 5 nitrogen and oxygen atoms in total. The summed E-state index contributed by atoms with van der Waals surface area (Å²) in [5.41, 5.74) is 5.34. The van der Waals surface area contributed by atoms with Crippen LogP contribution in [0.4, 0.5) is 0 Å². The van der Waals surface area contributed by atoms with Gasteiger partial charge in [-0.25, -0.2) is 0 Å². The number of primary amides is 1. The Morgan fingerprint density at radius 3 is 2.25 bits per heavy atom. The van der Waals surface area contributed by atoms with Gasteiger partial charge < -0.3 is 11.1 Å². The van der Waals surface area contributed by atoms with Crippen molar-refractivity contribution in [1.29, 1.82) is 0 Å². The molecule has 1 unspecified atom stereocenters. The van der Waals surface area contributed by atoms with E-state index in [4.69, 9.17) is 5.73 Å². The molecule has 0 aromatic heterocycles. The first kappa shape index (κ1) is 15.3. The number of carbonyl (C=O) groups excluding carboxylic acids is 2.